The van der Waals surface area contributed by atoms with Crippen molar-refractivity contribution in [1.29, 1.82) is 0 Å². The number of nitrogens with one attached hydrogen (secondary N) is 1. The van der Waals surface area contributed by atoms with Crippen molar-refractivity contribution in [2.75, 3.05) is 18.5 Å². The van der Waals surface area contributed by atoms with Gasteiger partial charge in [0.15, 0.2) is 5.13 Å². The molecule has 0 radical (unpaired) electrons. The summed E-state index contributed by atoms with van der Waals surface area (Å²) in [6.45, 7) is 6.17. The fourth-order valence-corrected chi connectivity index (χ4v) is 2.65. The van der Waals surface area contributed by atoms with E-state index in [0.717, 1.165) is 24.6 Å². The summed E-state index contributed by atoms with van der Waals surface area (Å²) in [5.41, 5.74) is 1.31. The standard InChI is InChI=1S/C15H22N4S/c1-12(2)17-10-14-11-18-15(20-14)19(3)9-6-13-4-7-16-8-5-13/h4-5,7-8,11-12,17H,6,9-10H2,1-3H3. The highest BCUT2D eigenvalue weighted by atomic mass is 32.1. The SMILES string of the molecule is CC(C)NCc1cnc(N(C)CCc2ccncc2)s1. The molecule has 0 amide bonds. The molecule has 20 heavy (non-hydrogen) atoms. The van der Waals surface area contributed by atoms with Crippen LogP contribution in [0.5, 0.6) is 0 Å². The minimum absolute atomic E-state index is 0.505. The van der Waals surface area contributed by atoms with Gasteiger partial charge in [0.2, 0.25) is 0 Å². The molecule has 0 fully saturated rings. The molecule has 4 nitrogen and oxygen atoms in total. The topological polar surface area (TPSA) is 41.1 Å². The first kappa shape index (κ1) is 14.9. The maximum Gasteiger partial charge on any atom is 0.185 e. The fraction of sp³-hybridized carbons (Fsp3) is 0.467. The van der Waals surface area contributed by atoms with Crippen LogP contribution in [0.2, 0.25) is 0 Å². The molecule has 2 aromatic heterocycles. The van der Waals surface area contributed by atoms with Gasteiger partial charge in [0, 0.05) is 49.6 Å². The van der Waals surface area contributed by atoms with Gasteiger partial charge >= 0.3 is 0 Å². The molecule has 0 saturated carbocycles. The van der Waals surface area contributed by atoms with Crippen LogP contribution in [0.15, 0.2) is 30.7 Å². The lowest BCUT2D eigenvalue weighted by Crippen LogP contribution is -2.21. The van der Waals surface area contributed by atoms with Crippen LogP contribution in [-0.2, 0) is 13.0 Å². The van der Waals surface area contributed by atoms with E-state index in [9.17, 15) is 0 Å². The molecule has 0 spiro atoms. The van der Waals surface area contributed by atoms with Crippen LogP contribution in [0.25, 0.3) is 0 Å². The largest absolute Gasteiger partial charge is 0.351 e. The van der Waals surface area contributed by atoms with E-state index in [-0.39, 0.29) is 0 Å². The van der Waals surface area contributed by atoms with Crippen LogP contribution in [0.1, 0.15) is 24.3 Å². The van der Waals surface area contributed by atoms with Gasteiger partial charge < -0.3 is 10.2 Å². The number of likely N-dealkylation sites (N-methyl/N-ethyl adjacent to an activating group) is 1. The lowest BCUT2D eigenvalue weighted by Gasteiger charge is -2.15. The zero-order valence-electron chi connectivity index (χ0n) is 12.3. The second kappa shape index (κ2) is 7.36. The van der Waals surface area contributed by atoms with Crippen molar-refractivity contribution in [3.63, 3.8) is 0 Å². The Morgan fingerprint density at radius 3 is 2.75 bits per heavy atom. The highest BCUT2D eigenvalue weighted by molar-refractivity contribution is 7.15. The maximum atomic E-state index is 4.50. The van der Waals surface area contributed by atoms with Crippen molar-refractivity contribution in [1.82, 2.24) is 15.3 Å². The summed E-state index contributed by atoms with van der Waals surface area (Å²) in [5.74, 6) is 0. The highest BCUT2D eigenvalue weighted by Gasteiger charge is 2.07. The molecule has 0 aliphatic rings. The molecular weight excluding hydrogens is 268 g/mol. The molecule has 5 heteroatoms. The summed E-state index contributed by atoms with van der Waals surface area (Å²) in [7, 11) is 2.10. The van der Waals surface area contributed by atoms with Crippen LogP contribution in [0, 0.1) is 0 Å². The molecule has 0 aromatic carbocycles. The van der Waals surface area contributed by atoms with Gasteiger partial charge in [-0.2, -0.15) is 0 Å². The zero-order chi connectivity index (χ0) is 14.4. The summed E-state index contributed by atoms with van der Waals surface area (Å²) >= 11 is 1.76. The van der Waals surface area contributed by atoms with Crippen molar-refractivity contribution in [2.24, 2.45) is 0 Å². The number of hydrogen-bond acceptors (Lipinski definition) is 5. The predicted octanol–water partition coefficient (Wildman–Crippen LogP) is 2.72. The number of rotatable bonds is 7. The molecule has 2 rings (SSSR count). The van der Waals surface area contributed by atoms with Crippen molar-refractivity contribution in [3.05, 3.63) is 41.2 Å². The normalized spacial score (nSPS) is 11.0. The fourth-order valence-electron chi connectivity index (χ4n) is 1.80. The lowest BCUT2D eigenvalue weighted by molar-refractivity contribution is 0.593. The Hall–Kier alpha value is -1.46. The van der Waals surface area contributed by atoms with E-state index in [4.69, 9.17) is 0 Å². The second-order valence-corrected chi connectivity index (χ2v) is 6.27. The lowest BCUT2D eigenvalue weighted by atomic mass is 10.2. The highest BCUT2D eigenvalue weighted by Crippen LogP contribution is 2.21. The summed E-state index contributed by atoms with van der Waals surface area (Å²) in [5, 5.41) is 4.50. The third-order valence-corrected chi connectivity index (χ3v) is 4.15. The van der Waals surface area contributed by atoms with Gasteiger partial charge in [-0.15, -0.1) is 11.3 Å². The van der Waals surface area contributed by atoms with Gasteiger partial charge in [0.1, 0.15) is 0 Å². The van der Waals surface area contributed by atoms with Crippen LogP contribution >= 0.6 is 11.3 Å². The minimum atomic E-state index is 0.505. The molecule has 108 valence electrons. The average Bonchev–Trinajstić information content (AvgIpc) is 2.92. The first-order valence-electron chi connectivity index (χ1n) is 6.93. The quantitative estimate of drug-likeness (QED) is 0.851. The Bertz CT molecular complexity index is 510. The van der Waals surface area contributed by atoms with E-state index in [1.54, 1.807) is 11.3 Å². The number of anilines is 1. The number of pyridine rings is 1. The van der Waals surface area contributed by atoms with Gasteiger partial charge in [-0.25, -0.2) is 4.98 Å². The molecule has 0 atom stereocenters. The second-order valence-electron chi connectivity index (χ2n) is 5.17. The van der Waals surface area contributed by atoms with Crippen LogP contribution < -0.4 is 10.2 Å². The van der Waals surface area contributed by atoms with E-state index >= 15 is 0 Å². The summed E-state index contributed by atoms with van der Waals surface area (Å²) in [4.78, 5) is 12.0. The van der Waals surface area contributed by atoms with E-state index in [0.29, 0.717) is 6.04 Å². The Morgan fingerprint density at radius 1 is 1.30 bits per heavy atom. The number of hydrogen-bond donors (Lipinski definition) is 1. The Kier molecular flexibility index (Phi) is 5.49. The van der Waals surface area contributed by atoms with E-state index < -0.39 is 0 Å². The average molecular weight is 290 g/mol. The van der Waals surface area contributed by atoms with Crippen molar-refractivity contribution in [2.45, 2.75) is 32.9 Å². The van der Waals surface area contributed by atoms with Gasteiger partial charge in [0.05, 0.1) is 0 Å². The van der Waals surface area contributed by atoms with Gasteiger partial charge in [-0.05, 0) is 24.1 Å². The summed E-state index contributed by atoms with van der Waals surface area (Å²) in [6.07, 6.45) is 6.67. The van der Waals surface area contributed by atoms with E-state index in [1.807, 2.05) is 18.6 Å². The molecule has 0 saturated heterocycles. The zero-order valence-corrected chi connectivity index (χ0v) is 13.2. The molecule has 2 aromatic rings. The van der Waals surface area contributed by atoms with Gasteiger partial charge in [0.25, 0.3) is 0 Å². The van der Waals surface area contributed by atoms with E-state index in [1.165, 1.54) is 10.4 Å². The Labute approximate surface area is 124 Å². The van der Waals surface area contributed by atoms with Gasteiger partial charge in [-0.3, -0.25) is 4.98 Å². The third-order valence-electron chi connectivity index (χ3n) is 3.04. The third kappa shape index (κ3) is 4.58. The Balaban J connectivity index is 1.84. The first-order valence-corrected chi connectivity index (χ1v) is 7.75. The molecular formula is C15H22N4S. The van der Waals surface area contributed by atoms with Crippen molar-refractivity contribution < 1.29 is 0 Å². The molecule has 2 heterocycles. The monoisotopic (exact) mass is 290 g/mol. The minimum Gasteiger partial charge on any atom is -0.351 e. The molecule has 0 aliphatic heterocycles. The maximum absolute atomic E-state index is 4.50. The molecule has 1 N–H and O–H groups in total. The molecule has 0 aliphatic carbocycles. The van der Waals surface area contributed by atoms with Crippen LogP contribution in [-0.4, -0.2) is 29.6 Å². The summed E-state index contributed by atoms with van der Waals surface area (Å²) in [6, 6.07) is 4.63. The Morgan fingerprint density at radius 2 is 2.05 bits per heavy atom. The van der Waals surface area contributed by atoms with Crippen LogP contribution in [0.3, 0.4) is 0 Å². The van der Waals surface area contributed by atoms with E-state index in [2.05, 4.69) is 53.2 Å². The molecule has 0 unspecified atom stereocenters. The molecule has 0 bridgehead atoms. The van der Waals surface area contributed by atoms with Crippen molar-refractivity contribution in [3.8, 4) is 0 Å². The number of nitrogens with zero attached hydrogens (tertiary/aromatic N) is 3. The predicted molar refractivity (Wildman–Crippen MR) is 85.3 cm³/mol. The van der Waals surface area contributed by atoms with Gasteiger partial charge in [-0.1, -0.05) is 13.8 Å². The summed E-state index contributed by atoms with van der Waals surface area (Å²) < 4.78 is 0. The van der Waals surface area contributed by atoms with Crippen LogP contribution in [0.4, 0.5) is 5.13 Å². The van der Waals surface area contributed by atoms with Crippen molar-refractivity contribution >= 4 is 16.5 Å². The number of aromatic nitrogens is 2. The number of thiazole rings is 1. The first-order chi connectivity index (χ1) is 9.65. The smallest absolute Gasteiger partial charge is 0.185 e.